The summed E-state index contributed by atoms with van der Waals surface area (Å²) in [6.45, 7) is 5.62. The normalized spacial score (nSPS) is 29.4. The molecule has 1 rings (SSSR count). The smallest absolute Gasteiger partial charge is 0.304 e. The fraction of sp³-hybridized carbons (Fsp3) is 0.917. The van der Waals surface area contributed by atoms with E-state index in [0.29, 0.717) is 5.92 Å². The van der Waals surface area contributed by atoms with E-state index >= 15 is 0 Å². The van der Waals surface area contributed by atoms with E-state index in [0.717, 1.165) is 19.3 Å². The number of esters is 1. The van der Waals surface area contributed by atoms with Gasteiger partial charge in [0.05, 0.1) is 6.10 Å². The van der Waals surface area contributed by atoms with Crippen LogP contribution in [0.2, 0.25) is 0 Å². The maximum Gasteiger partial charge on any atom is 0.304 e. The Labute approximate surface area is 103 Å². The zero-order valence-corrected chi connectivity index (χ0v) is 10.9. The first-order chi connectivity index (χ1) is 8.13. The van der Waals surface area contributed by atoms with Crippen molar-refractivity contribution >= 4 is 5.97 Å². The molecule has 17 heavy (non-hydrogen) atoms. The summed E-state index contributed by atoms with van der Waals surface area (Å²) in [6, 6.07) is 0. The molecule has 2 N–H and O–H groups in total. The van der Waals surface area contributed by atoms with Gasteiger partial charge in [-0.25, -0.2) is 0 Å². The van der Waals surface area contributed by atoms with Crippen LogP contribution in [0.15, 0.2) is 0 Å². The highest BCUT2D eigenvalue weighted by Crippen LogP contribution is 2.26. The molecule has 1 aliphatic rings. The average molecular weight is 248 g/mol. The van der Waals surface area contributed by atoms with Gasteiger partial charge in [-0.15, -0.1) is 0 Å². The molecule has 0 bridgehead atoms. The van der Waals surface area contributed by atoms with E-state index in [4.69, 9.17) is 20.0 Å². The molecule has 1 heterocycles. The third kappa shape index (κ3) is 6.61. The molecule has 0 radical (unpaired) electrons. The molecule has 1 saturated heterocycles. The van der Waals surface area contributed by atoms with E-state index in [1.54, 1.807) is 0 Å². The number of carbonyl (C=O) groups excluding carboxylic acids is 1. The summed E-state index contributed by atoms with van der Waals surface area (Å²) in [4.78, 5) is 11.0. The van der Waals surface area contributed by atoms with E-state index in [2.05, 4.69) is 13.8 Å². The summed E-state index contributed by atoms with van der Waals surface area (Å²) < 4.78 is 11.0. The summed E-state index contributed by atoms with van der Waals surface area (Å²) >= 11 is 0. The molecule has 0 aliphatic carbocycles. The minimum Gasteiger partial charge on any atom is -0.436 e. The highest BCUT2D eigenvalue weighted by Gasteiger charge is 2.27. The summed E-state index contributed by atoms with van der Waals surface area (Å²) in [7, 11) is 0. The fourth-order valence-corrected chi connectivity index (χ4v) is 2.07. The molecule has 5 heteroatoms. The molecule has 0 saturated carbocycles. The predicted octanol–water partition coefficient (Wildman–Crippen LogP) is 2.90. The van der Waals surface area contributed by atoms with Gasteiger partial charge < -0.3 is 9.47 Å². The molecule has 5 nitrogen and oxygen atoms in total. The highest BCUT2D eigenvalue weighted by molar-refractivity contribution is 5.66. The van der Waals surface area contributed by atoms with Crippen LogP contribution in [0.1, 0.15) is 52.9 Å². The molecule has 0 amide bonds. The Balaban J connectivity index is 0.00000121. The van der Waals surface area contributed by atoms with Gasteiger partial charge in [0.15, 0.2) is 0 Å². The minimum absolute atomic E-state index is 0.198. The maximum absolute atomic E-state index is 11.0. The third-order valence-electron chi connectivity index (χ3n) is 2.99. The molecular weight excluding hydrogens is 224 g/mol. The molecule has 0 aromatic heterocycles. The number of rotatable bonds is 2. The lowest BCUT2D eigenvalue weighted by Gasteiger charge is -2.30. The molecule has 102 valence electrons. The Morgan fingerprint density at radius 1 is 1.35 bits per heavy atom. The Morgan fingerprint density at radius 2 is 1.94 bits per heavy atom. The molecule has 0 aromatic carbocycles. The second kappa shape index (κ2) is 9.39. The summed E-state index contributed by atoms with van der Waals surface area (Å²) in [5, 5.41) is 12.0. The van der Waals surface area contributed by atoms with Crippen LogP contribution in [0.5, 0.6) is 0 Å². The van der Waals surface area contributed by atoms with Crippen molar-refractivity contribution in [2.24, 2.45) is 5.92 Å². The molecule has 1 unspecified atom stereocenters. The first-order valence-electron chi connectivity index (χ1n) is 6.16. The Morgan fingerprint density at radius 3 is 2.47 bits per heavy atom. The van der Waals surface area contributed by atoms with E-state index < -0.39 is 0 Å². The maximum atomic E-state index is 11.0. The summed E-state index contributed by atoms with van der Waals surface area (Å²) in [5.41, 5.74) is 0. The lowest BCUT2D eigenvalue weighted by molar-refractivity contribution is -0.205. The Bertz CT molecular complexity index is 207. The van der Waals surface area contributed by atoms with Gasteiger partial charge in [-0.2, -0.15) is 0 Å². The molecule has 1 fully saturated rings. The van der Waals surface area contributed by atoms with Crippen LogP contribution in [-0.4, -0.2) is 28.9 Å². The van der Waals surface area contributed by atoms with Gasteiger partial charge in [-0.05, 0) is 26.2 Å². The van der Waals surface area contributed by atoms with E-state index in [1.807, 2.05) is 0 Å². The molecule has 0 aromatic rings. The summed E-state index contributed by atoms with van der Waals surface area (Å²) in [6.07, 6.45) is 5.46. The van der Waals surface area contributed by atoms with E-state index in [-0.39, 0.29) is 18.4 Å². The molecular formula is C12H24O5. The van der Waals surface area contributed by atoms with Crippen molar-refractivity contribution in [2.45, 2.75) is 65.3 Å². The van der Waals surface area contributed by atoms with E-state index in [9.17, 15) is 4.79 Å². The van der Waals surface area contributed by atoms with Gasteiger partial charge in [-0.1, -0.05) is 19.8 Å². The van der Waals surface area contributed by atoms with Crippen molar-refractivity contribution in [3.8, 4) is 0 Å². The largest absolute Gasteiger partial charge is 0.436 e. The quantitative estimate of drug-likeness (QED) is 0.446. The van der Waals surface area contributed by atoms with Crippen molar-refractivity contribution in [3.05, 3.63) is 0 Å². The lowest BCUT2D eigenvalue weighted by Crippen LogP contribution is -2.33. The van der Waals surface area contributed by atoms with Gasteiger partial charge in [0.2, 0.25) is 6.29 Å². The first-order valence-corrected chi connectivity index (χ1v) is 6.16. The summed E-state index contributed by atoms with van der Waals surface area (Å²) in [5.74, 6) is 0.114. The topological polar surface area (TPSA) is 76.0 Å². The number of hydrogen-bond acceptors (Lipinski definition) is 5. The standard InChI is InChI=1S/C12H22O3.H2O2/c1-4-11-8-6-5-7-9(2)14-12(11)15-10(3)13;1-2/h9,11-12H,4-8H2,1-3H3;1-2H/t9-,11?,12-;/m0./s1. The molecule has 3 atom stereocenters. The van der Waals surface area contributed by atoms with Crippen LogP contribution in [0.3, 0.4) is 0 Å². The van der Waals surface area contributed by atoms with Crippen molar-refractivity contribution in [2.75, 3.05) is 0 Å². The highest BCUT2D eigenvalue weighted by atomic mass is 17.0. The molecule has 1 aliphatic heterocycles. The SMILES string of the molecule is CCC1CCCC[C@H](C)O[C@H]1OC(C)=O.OO. The van der Waals surface area contributed by atoms with Gasteiger partial charge in [0.1, 0.15) is 0 Å². The van der Waals surface area contributed by atoms with Crippen LogP contribution in [0.25, 0.3) is 0 Å². The zero-order chi connectivity index (χ0) is 13.3. The van der Waals surface area contributed by atoms with Crippen molar-refractivity contribution in [1.29, 1.82) is 0 Å². The second-order valence-corrected chi connectivity index (χ2v) is 4.38. The van der Waals surface area contributed by atoms with Gasteiger partial charge >= 0.3 is 5.97 Å². The fourth-order valence-electron chi connectivity index (χ4n) is 2.07. The number of carbonyl (C=O) groups is 1. The van der Waals surface area contributed by atoms with Crippen molar-refractivity contribution in [1.82, 2.24) is 0 Å². The van der Waals surface area contributed by atoms with E-state index in [1.165, 1.54) is 19.8 Å². The van der Waals surface area contributed by atoms with Gasteiger partial charge in [0.25, 0.3) is 0 Å². The van der Waals surface area contributed by atoms with Gasteiger partial charge in [0, 0.05) is 12.8 Å². The van der Waals surface area contributed by atoms with Crippen LogP contribution in [-0.2, 0) is 14.3 Å². The van der Waals surface area contributed by atoms with Crippen LogP contribution in [0, 0.1) is 5.92 Å². The number of ether oxygens (including phenoxy) is 2. The van der Waals surface area contributed by atoms with Crippen LogP contribution < -0.4 is 0 Å². The lowest BCUT2D eigenvalue weighted by atomic mass is 9.95. The van der Waals surface area contributed by atoms with Crippen LogP contribution >= 0.6 is 0 Å². The van der Waals surface area contributed by atoms with Crippen molar-refractivity contribution in [3.63, 3.8) is 0 Å². The zero-order valence-electron chi connectivity index (χ0n) is 10.9. The second-order valence-electron chi connectivity index (χ2n) is 4.38. The predicted molar refractivity (Wildman–Crippen MR) is 63.6 cm³/mol. The van der Waals surface area contributed by atoms with Crippen molar-refractivity contribution < 1.29 is 24.8 Å². The third-order valence-corrected chi connectivity index (χ3v) is 2.99. The monoisotopic (exact) mass is 248 g/mol. The average Bonchev–Trinajstić information content (AvgIpc) is 2.28. The minimum atomic E-state index is -0.331. The van der Waals surface area contributed by atoms with Crippen LogP contribution in [0.4, 0.5) is 0 Å². The first kappa shape index (κ1) is 16.4. The Kier molecular flexibility index (Phi) is 9.03. The number of hydrogen-bond donors (Lipinski definition) is 2. The van der Waals surface area contributed by atoms with Gasteiger partial charge in [-0.3, -0.25) is 15.3 Å². The Hall–Kier alpha value is -0.650. The molecule has 0 spiro atoms.